The Morgan fingerprint density at radius 2 is 1.71 bits per heavy atom. The maximum atomic E-state index is 11.5. The van der Waals surface area contributed by atoms with E-state index >= 15 is 0 Å². The van der Waals surface area contributed by atoms with Gasteiger partial charge in [-0.2, -0.15) is 0 Å². The molecule has 10 nitrogen and oxygen atoms in total. The number of nitrogens with one attached hydrogen (secondary N) is 1. The minimum Gasteiger partial charge on any atom is -0.629 e. The maximum Gasteiger partial charge on any atom is 0.228 e. The average Bonchev–Trinajstić information content (AvgIpc) is 3.55. The standard InChI is InChI=1S/C20H33N4O4.C10H12.C2H6.CH5N.CH2O.Y/c1-17-19(23-24(16-25)18-10-13-27-28-14-18)8-7-9-20(17)26-15-22-12-6-4-2-3-5-11-21;1-8-5-6-9-3-2-4-10(9)7-8;3*1-2;/h7-9,16,18,23H,2-6,10-15,21H2,1H3;5-7H,2-4H2,1H3;1-2H3;2H2,1H3;1H2;/q-1;;;;;. The molecule has 11 heteroatoms. The molecule has 1 aliphatic carbocycles. The van der Waals surface area contributed by atoms with E-state index in [2.05, 4.69) is 41.6 Å². The third kappa shape index (κ3) is 18.7. The summed E-state index contributed by atoms with van der Waals surface area (Å²) in [5.41, 5.74) is 19.4. The van der Waals surface area contributed by atoms with Gasteiger partial charge in [0.05, 0.1) is 18.3 Å². The molecule has 1 aliphatic heterocycles. The van der Waals surface area contributed by atoms with Gasteiger partial charge in [0.2, 0.25) is 6.41 Å². The van der Waals surface area contributed by atoms with Crippen LogP contribution in [0.15, 0.2) is 36.4 Å². The molecule has 0 bridgehead atoms. The van der Waals surface area contributed by atoms with Crippen molar-refractivity contribution in [1.29, 1.82) is 0 Å². The molecule has 0 aromatic heterocycles. The first-order valence-electron chi connectivity index (χ1n) is 15.9. The van der Waals surface area contributed by atoms with Crippen molar-refractivity contribution in [3.05, 3.63) is 64.0 Å². The number of amides is 1. The Hall–Kier alpha value is -1.92. The number of fused-ring (bicyclic) bond motifs is 1. The zero-order valence-corrected chi connectivity index (χ0v) is 31.2. The van der Waals surface area contributed by atoms with Crippen molar-refractivity contribution in [1.82, 2.24) is 5.01 Å². The van der Waals surface area contributed by atoms with E-state index in [4.69, 9.17) is 25.0 Å². The summed E-state index contributed by atoms with van der Waals surface area (Å²) in [7, 11) is 1.50. The van der Waals surface area contributed by atoms with E-state index in [0.717, 1.165) is 49.3 Å². The SMILES string of the molecule is C=O.CC.CN.Cc1c(NN(C=O)C2CCOOC2)cccc1OC[N-]CCCCCCCN.Cc1ccc2c(c1)CCC2.[Y]. The van der Waals surface area contributed by atoms with Crippen LogP contribution in [-0.2, 0) is 64.9 Å². The van der Waals surface area contributed by atoms with Crippen LogP contribution in [0.2, 0.25) is 0 Å². The number of anilines is 1. The second-order valence-electron chi connectivity index (χ2n) is 10.0. The predicted octanol–water partition coefficient (Wildman–Crippen LogP) is 6.02. The predicted molar refractivity (Wildman–Crippen MR) is 181 cm³/mol. The Labute approximate surface area is 297 Å². The number of nitrogens with two attached hydrogens (primary N) is 2. The number of hydrogen-bond acceptors (Lipinski definition) is 8. The number of hydrazine groups is 1. The van der Waals surface area contributed by atoms with Crippen LogP contribution in [0.25, 0.3) is 5.32 Å². The Kier molecular flexibility index (Phi) is 30.9. The van der Waals surface area contributed by atoms with Crippen molar-refractivity contribution in [3.63, 3.8) is 0 Å². The van der Waals surface area contributed by atoms with Gasteiger partial charge in [-0.15, -0.1) is 6.54 Å². The van der Waals surface area contributed by atoms with E-state index < -0.39 is 0 Å². The first-order chi connectivity index (χ1) is 21.6. The van der Waals surface area contributed by atoms with Gasteiger partial charge in [-0.1, -0.05) is 69.4 Å². The molecule has 2 aliphatic rings. The van der Waals surface area contributed by atoms with Gasteiger partial charge < -0.3 is 26.3 Å². The number of benzene rings is 2. The zero-order valence-electron chi connectivity index (χ0n) is 28.4. The van der Waals surface area contributed by atoms with Crippen LogP contribution in [-0.4, -0.2) is 64.3 Å². The number of ether oxygens (including phenoxy) is 1. The minimum atomic E-state index is -0.0740. The molecule has 1 heterocycles. The van der Waals surface area contributed by atoms with Crippen molar-refractivity contribution in [2.75, 3.05) is 45.5 Å². The summed E-state index contributed by atoms with van der Waals surface area (Å²) in [5, 5.41) is 5.96. The zero-order chi connectivity index (χ0) is 33.0. The molecule has 2 aromatic carbocycles. The number of aryl methyl sites for hydroxylation is 3. The van der Waals surface area contributed by atoms with Crippen molar-refractivity contribution in [2.24, 2.45) is 11.5 Å². The van der Waals surface area contributed by atoms with Gasteiger partial charge in [-0.3, -0.25) is 15.2 Å². The number of nitrogens with zero attached hydrogens (tertiary/aromatic N) is 2. The van der Waals surface area contributed by atoms with Crippen LogP contribution in [0.5, 0.6) is 5.75 Å². The summed E-state index contributed by atoms with van der Waals surface area (Å²) in [4.78, 5) is 29.3. The van der Waals surface area contributed by atoms with Gasteiger partial charge in [0.15, 0.2) is 0 Å². The van der Waals surface area contributed by atoms with Gasteiger partial charge in [-0.05, 0) is 82.8 Å². The van der Waals surface area contributed by atoms with E-state index in [1.807, 2.05) is 45.8 Å². The molecular formula is C34H58N5O5Y-. The summed E-state index contributed by atoms with van der Waals surface area (Å²) in [5.74, 6) is 0.755. The fraction of sp³-hybridized carbons (Fsp3) is 0.588. The molecule has 0 saturated carbocycles. The third-order valence-corrected chi connectivity index (χ3v) is 7.00. The van der Waals surface area contributed by atoms with Crippen molar-refractivity contribution in [2.45, 2.75) is 91.5 Å². The second kappa shape index (κ2) is 30.7. The van der Waals surface area contributed by atoms with Crippen LogP contribution in [0.3, 0.4) is 0 Å². The molecule has 1 unspecified atom stereocenters. The average molecular weight is 706 g/mol. The molecule has 5 N–H and O–H groups in total. The molecule has 253 valence electrons. The Morgan fingerprint density at radius 3 is 2.38 bits per heavy atom. The molecule has 1 saturated heterocycles. The van der Waals surface area contributed by atoms with Gasteiger partial charge >= 0.3 is 0 Å². The second-order valence-corrected chi connectivity index (χ2v) is 10.0. The number of hydrogen-bond donors (Lipinski definition) is 3. The summed E-state index contributed by atoms with van der Waals surface area (Å²) >= 11 is 0. The Balaban J connectivity index is 0. The minimum absolute atomic E-state index is 0. The molecule has 0 spiro atoms. The molecular weight excluding hydrogens is 647 g/mol. The molecule has 2 aromatic rings. The largest absolute Gasteiger partial charge is 0.629 e. The molecule has 1 atom stereocenters. The Bertz CT molecular complexity index is 995. The van der Waals surface area contributed by atoms with Gasteiger partial charge in [0, 0.05) is 45.0 Å². The van der Waals surface area contributed by atoms with Crippen LogP contribution in [0.1, 0.15) is 81.0 Å². The van der Waals surface area contributed by atoms with Crippen LogP contribution < -0.4 is 21.6 Å². The van der Waals surface area contributed by atoms with Crippen LogP contribution in [0.4, 0.5) is 5.69 Å². The van der Waals surface area contributed by atoms with Crippen molar-refractivity contribution < 1.29 is 56.8 Å². The molecule has 4 rings (SSSR count). The molecule has 1 amide bonds. The van der Waals surface area contributed by atoms with E-state index in [1.54, 1.807) is 11.1 Å². The normalized spacial score (nSPS) is 14.1. The summed E-state index contributed by atoms with van der Waals surface area (Å²) in [6.07, 6.45) is 11.2. The summed E-state index contributed by atoms with van der Waals surface area (Å²) in [6.45, 7) is 12.8. The number of unbranched alkanes of at least 4 members (excludes halogenated alkanes) is 4. The third-order valence-electron chi connectivity index (χ3n) is 7.00. The number of rotatable bonds is 14. The summed E-state index contributed by atoms with van der Waals surface area (Å²) in [6, 6.07) is 12.5. The number of carbonyl (C=O) groups is 2. The fourth-order valence-corrected chi connectivity index (χ4v) is 4.69. The van der Waals surface area contributed by atoms with Crippen LogP contribution in [0, 0.1) is 13.8 Å². The monoisotopic (exact) mass is 705 g/mol. The van der Waals surface area contributed by atoms with E-state index in [1.165, 1.54) is 56.1 Å². The van der Waals surface area contributed by atoms with E-state index in [9.17, 15) is 4.79 Å². The van der Waals surface area contributed by atoms with Crippen molar-refractivity contribution >= 4 is 18.9 Å². The number of carbonyl (C=O) groups excluding carboxylic acids is 2. The smallest absolute Gasteiger partial charge is 0.228 e. The first kappa shape index (κ1) is 45.2. The molecule has 1 radical (unpaired) electrons. The molecule has 45 heavy (non-hydrogen) atoms. The van der Waals surface area contributed by atoms with Gasteiger partial charge in [-0.25, -0.2) is 9.78 Å². The van der Waals surface area contributed by atoms with Gasteiger partial charge in [0.1, 0.15) is 19.1 Å². The van der Waals surface area contributed by atoms with Crippen LogP contribution >= 0.6 is 0 Å². The summed E-state index contributed by atoms with van der Waals surface area (Å²) < 4.78 is 5.81. The fourth-order valence-electron chi connectivity index (χ4n) is 4.69. The Morgan fingerprint density at radius 1 is 1.02 bits per heavy atom. The van der Waals surface area contributed by atoms with E-state index in [-0.39, 0.29) is 38.8 Å². The molecule has 1 fully saturated rings. The first-order valence-corrected chi connectivity index (χ1v) is 15.9. The quantitative estimate of drug-likeness (QED) is 0.0938. The van der Waals surface area contributed by atoms with Crippen molar-refractivity contribution in [3.8, 4) is 5.75 Å². The topological polar surface area (TPSA) is 143 Å². The van der Waals surface area contributed by atoms with Gasteiger partial charge in [0.25, 0.3) is 0 Å². The maximum absolute atomic E-state index is 11.5. The van der Waals surface area contributed by atoms with E-state index in [0.29, 0.717) is 26.4 Å².